The van der Waals surface area contributed by atoms with Gasteiger partial charge in [0.05, 0.1) is 55.3 Å². The van der Waals surface area contributed by atoms with Crippen LogP contribution in [0.4, 0.5) is 0 Å². The molecule has 2 N–H and O–H groups in total. The minimum Gasteiger partial charge on any atom is -0.466 e. The normalized spacial score (nSPS) is 45.0. The molecular formula is C44H75NO16. The lowest BCUT2D eigenvalue weighted by Crippen LogP contribution is -2.61. The molecule has 0 amide bonds. The second-order valence-corrected chi connectivity index (χ2v) is 18.7. The van der Waals surface area contributed by atoms with E-state index in [1.807, 2.05) is 39.8 Å². The average Bonchev–Trinajstić information content (AvgIpc) is 3.72. The number of methoxy groups -OCH3 is 2. The molecule has 0 radical (unpaired) electrons. The predicted molar refractivity (Wildman–Crippen MR) is 219 cm³/mol. The highest BCUT2D eigenvalue weighted by atomic mass is 16.7. The minimum absolute atomic E-state index is 0.105. The number of ether oxygens (including phenoxy) is 10. The van der Waals surface area contributed by atoms with Crippen molar-refractivity contribution in [2.45, 2.75) is 186 Å². The Labute approximate surface area is 362 Å². The molecular weight excluding hydrogens is 798 g/mol. The van der Waals surface area contributed by atoms with Gasteiger partial charge in [0.15, 0.2) is 18.7 Å². The SMILES string of the molecule is CO[C@]1(C)C[C@H](O[C@H]2[C@H](C)[C@@H](O[C@@H]3O[C@H](C)C[C@H](N(C)C)[C@H]3OCCCOC(C)=O)[C@@](C)(OC)C[C@@H](C)C(=O)[C@H](C)[C@@H](O)[C@@]3(O)C(C)[C@H]3OC(=O)[C@@H]2C)O[C@@H](C)[C@@H]1OC(C)=O. The first kappa shape index (κ1) is 51.3. The molecule has 1 unspecified atom stereocenters. The van der Waals surface area contributed by atoms with Crippen LogP contribution in [-0.2, 0) is 66.5 Å². The number of hydrogen-bond donors (Lipinski definition) is 2. The zero-order chi connectivity index (χ0) is 45.9. The fourth-order valence-corrected chi connectivity index (χ4v) is 9.87. The van der Waals surface area contributed by atoms with Gasteiger partial charge in [-0.15, -0.1) is 0 Å². The maximum Gasteiger partial charge on any atom is 0.311 e. The molecule has 4 rings (SSSR count). The maximum absolute atomic E-state index is 14.3. The molecule has 17 nitrogen and oxygen atoms in total. The summed E-state index contributed by atoms with van der Waals surface area (Å²) in [5, 5.41) is 23.2. The van der Waals surface area contributed by atoms with Gasteiger partial charge in [-0.2, -0.15) is 0 Å². The largest absolute Gasteiger partial charge is 0.466 e. The Hall–Kier alpha value is -2.32. The zero-order valence-electron chi connectivity index (χ0n) is 39.0. The highest BCUT2D eigenvalue weighted by Gasteiger charge is 2.70. The van der Waals surface area contributed by atoms with E-state index < -0.39 is 114 Å². The summed E-state index contributed by atoms with van der Waals surface area (Å²) >= 11 is 0. The van der Waals surface area contributed by atoms with Gasteiger partial charge in [-0.25, -0.2) is 0 Å². The Morgan fingerprint density at radius 2 is 1.46 bits per heavy atom. The molecule has 0 aromatic rings. The molecule has 0 aromatic carbocycles. The van der Waals surface area contributed by atoms with Gasteiger partial charge in [0.1, 0.15) is 29.2 Å². The van der Waals surface area contributed by atoms with Crippen molar-refractivity contribution in [1.29, 1.82) is 0 Å². The number of nitrogens with zero attached hydrogens (tertiary/aromatic N) is 1. The number of rotatable bonds is 13. The predicted octanol–water partition coefficient (Wildman–Crippen LogP) is 3.21. The van der Waals surface area contributed by atoms with E-state index in [2.05, 4.69) is 0 Å². The fourth-order valence-electron chi connectivity index (χ4n) is 9.87. The first-order valence-corrected chi connectivity index (χ1v) is 21.8. The number of ketones is 1. The molecule has 3 saturated heterocycles. The van der Waals surface area contributed by atoms with Gasteiger partial charge < -0.3 is 62.5 Å². The lowest BCUT2D eigenvalue weighted by Gasteiger charge is -2.50. The third kappa shape index (κ3) is 11.3. The van der Waals surface area contributed by atoms with Crippen LogP contribution in [0.5, 0.6) is 0 Å². The molecule has 3 heterocycles. The highest BCUT2D eigenvalue weighted by Crippen LogP contribution is 2.52. The summed E-state index contributed by atoms with van der Waals surface area (Å²) in [4.78, 5) is 54.1. The van der Waals surface area contributed by atoms with Gasteiger partial charge in [0.2, 0.25) is 0 Å². The van der Waals surface area contributed by atoms with Crippen molar-refractivity contribution in [2.75, 3.05) is 41.5 Å². The van der Waals surface area contributed by atoms with Gasteiger partial charge in [-0.3, -0.25) is 19.2 Å². The van der Waals surface area contributed by atoms with E-state index in [1.165, 1.54) is 28.1 Å². The molecule has 17 heteroatoms. The molecule has 0 spiro atoms. The van der Waals surface area contributed by atoms with E-state index in [4.69, 9.17) is 47.4 Å². The third-order valence-electron chi connectivity index (χ3n) is 13.8. The lowest BCUT2D eigenvalue weighted by atomic mass is 9.75. The van der Waals surface area contributed by atoms with Crippen molar-refractivity contribution in [1.82, 2.24) is 4.90 Å². The molecule has 0 bridgehead atoms. The van der Waals surface area contributed by atoms with Crippen LogP contribution < -0.4 is 0 Å². The summed E-state index contributed by atoms with van der Waals surface area (Å²) in [5.41, 5.74) is -4.17. The number of carbonyl (C=O) groups excluding carboxylic acids is 4. The number of Topliss-reactive ketones (excluding diaryl/α,β-unsaturated/α-hetero) is 1. The summed E-state index contributed by atoms with van der Waals surface area (Å²) in [6.45, 7) is 18.9. The summed E-state index contributed by atoms with van der Waals surface area (Å²) in [5.74, 6) is -6.04. The number of aliphatic hydroxyl groups excluding tert-OH is 1. The standard InChI is InChI=1S/C44H75NO16/c1-22-20-42(10,52-14)37(61-41-35(55-18-16-17-54-29(8)46)31(45(12)13)19-23(2)56-41)25(4)34(59-32-21-43(11,53-15)39(28(7)57-32)58-30(9)47)26(5)40(50)60-38-27(6)44(38,51)36(49)24(3)33(22)48/h22-28,31-32,34-39,41,49,51H,16-21H2,1-15H3/t22-,23-,24+,25+,26-,27?,28+,31+,32+,34+,35-,36-,37-,38-,39+,41+,42+,43-,44+/m1/s1. The van der Waals surface area contributed by atoms with Crippen molar-refractivity contribution < 1.29 is 76.8 Å². The van der Waals surface area contributed by atoms with E-state index in [0.29, 0.717) is 12.8 Å². The van der Waals surface area contributed by atoms with Gasteiger partial charge in [-0.05, 0) is 61.6 Å². The van der Waals surface area contributed by atoms with Crippen molar-refractivity contribution in [3.05, 3.63) is 0 Å². The van der Waals surface area contributed by atoms with E-state index in [-0.39, 0.29) is 50.0 Å². The zero-order valence-corrected chi connectivity index (χ0v) is 39.0. The molecule has 4 aliphatic rings. The van der Waals surface area contributed by atoms with E-state index in [9.17, 15) is 29.4 Å². The Kier molecular flexibility index (Phi) is 17.4. The minimum atomic E-state index is -1.84. The molecule has 4 fully saturated rings. The second-order valence-electron chi connectivity index (χ2n) is 18.7. The van der Waals surface area contributed by atoms with Crippen LogP contribution in [0, 0.1) is 29.6 Å². The molecule has 3 aliphatic heterocycles. The van der Waals surface area contributed by atoms with Gasteiger partial charge >= 0.3 is 17.9 Å². The topological polar surface area (TPSA) is 204 Å². The third-order valence-corrected chi connectivity index (χ3v) is 13.8. The Morgan fingerprint density at radius 1 is 0.836 bits per heavy atom. The second kappa shape index (κ2) is 20.7. The van der Waals surface area contributed by atoms with Crippen LogP contribution in [0.2, 0.25) is 0 Å². The number of fused-ring (bicyclic) bond motifs is 1. The van der Waals surface area contributed by atoms with Crippen LogP contribution in [0.3, 0.4) is 0 Å². The number of esters is 3. The molecule has 0 aromatic heterocycles. The molecule has 61 heavy (non-hydrogen) atoms. The summed E-state index contributed by atoms with van der Waals surface area (Å²) in [6, 6.07) is -0.165. The van der Waals surface area contributed by atoms with Crippen molar-refractivity contribution in [2.24, 2.45) is 29.6 Å². The summed E-state index contributed by atoms with van der Waals surface area (Å²) in [7, 11) is 6.94. The van der Waals surface area contributed by atoms with Crippen LogP contribution >= 0.6 is 0 Å². The van der Waals surface area contributed by atoms with E-state index in [0.717, 1.165) is 0 Å². The van der Waals surface area contributed by atoms with E-state index >= 15 is 0 Å². The first-order chi connectivity index (χ1) is 28.4. The number of likely N-dealkylation sites (N-methyl/N-ethyl adjacent to an activating group) is 1. The smallest absolute Gasteiger partial charge is 0.311 e. The van der Waals surface area contributed by atoms with Gasteiger partial charge in [-0.1, -0.05) is 27.7 Å². The van der Waals surface area contributed by atoms with Gasteiger partial charge in [0.25, 0.3) is 0 Å². The average molecular weight is 874 g/mol. The Bertz CT molecular complexity index is 1520. The number of carbonyl (C=O) groups is 4. The molecule has 352 valence electrons. The van der Waals surface area contributed by atoms with Crippen LogP contribution in [0.1, 0.15) is 102 Å². The number of hydrogen-bond acceptors (Lipinski definition) is 17. The first-order valence-electron chi connectivity index (χ1n) is 21.8. The van der Waals surface area contributed by atoms with Crippen molar-refractivity contribution in [3.8, 4) is 0 Å². The van der Waals surface area contributed by atoms with Crippen molar-refractivity contribution >= 4 is 23.7 Å². The Balaban J connectivity index is 1.84. The van der Waals surface area contributed by atoms with Crippen LogP contribution in [0.25, 0.3) is 0 Å². The van der Waals surface area contributed by atoms with Crippen LogP contribution in [0.15, 0.2) is 0 Å². The fraction of sp³-hybridized carbons (Fsp3) is 0.909. The summed E-state index contributed by atoms with van der Waals surface area (Å²) < 4.78 is 62.6. The van der Waals surface area contributed by atoms with Crippen molar-refractivity contribution in [3.63, 3.8) is 0 Å². The van der Waals surface area contributed by atoms with Gasteiger partial charge in [0, 0.05) is 70.6 Å². The highest BCUT2D eigenvalue weighted by molar-refractivity contribution is 5.84. The Morgan fingerprint density at radius 3 is 2.03 bits per heavy atom. The number of aliphatic hydroxyl groups is 2. The molecule has 1 saturated carbocycles. The molecule has 1 aliphatic carbocycles. The quantitative estimate of drug-likeness (QED) is 0.155. The van der Waals surface area contributed by atoms with E-state index in [1.54, 1.807) is 41.5 Å². The monoisotopic (exact) mass is 874 g/mol. The lowest BCUT2D eigenvalue weighted by molar-refractivity contribution is -0.323. The maximum atomic E-state index is 14.3. The molecule has 19 atom stereocenters. The summed E-state index contributed by atoms with van der Waals surface area (Å²) in [6.07, 6.45) is -7.68. The van der Waals surface area contributed by atoms with Crippen LogP contribution in [-0.4, -0.2) is 165 Å².